The molecule has 20 heavy (non-hydrogen) atoms. The van der Waals surface area contributed by atoms with Crippen molar-refractivity contribution in [2.45, 2.75) is 13.1 Å². The molecule has 3 aromatic rings. The summed E-state index contributed by atoms with van der Waals surface area (Å²) in [4.78, 5) is 3.96. The molecular formula is C14H10F2N4. The fourth-order valence-electron chi connectivity index (χ4n) is 2.19. The molecule has 3 rings (SSSR count). The molecule has 0 aliphatic carbocycles. The SMILES string of the molecule is N#Cc1ccc2ccn(Cc3nccn3C(F)F)c2c1. The number of hydrogen-bond acceptors (Lipinski definition) is 2. The average Bonchev–Trinajstić information content (AvgIpc) is 3.06. The van der Waals surface area contributed by atoms with Crippen LogP contribution in [0.25, 0.3) is 10.9 Å². The summed E-state index contributed by atoms with van der Waals surface area (Å²) in [7, 11) is 0. The second-order valence-electron chi connectivity index (χ2n) is 4.36. The lowest BCUT2D eigenvalue weighted by molar-refractivity contribution is 0.0667. The highest BCUT2D eigenvalue weighted by molar-refractivity contribution is 5.81. The maximum atomic E-state index is 12.8. The molecule has 4 nitrogen and oxygen atoms in total. The van der Waals surface area contributed by atoms with Crippen molar-refractivity contribution in [1.29, 1.82) is 5.26 Å². The van der Waals surface area contributed by atoms with Gasteiger partial charge in [0.2, 0.25) is 0 Å². The highest BCUT2D eigenvalue weighted by Gasteiger charge is 2.12. The Morgan fingerprint density at radius 1 is 1.25 bits per heavy atom. The lowest BCUT2D eigenvalue weighted by Gasteiger charge is -2.08. The van der Waals surface area contributed by atoms with Crippen molar-refractivity contribution in [2.75, 3.05) is 0 Å². The van der Waals surface area contributed by atoms with Gasteiger partial charge in [-0.3, -0.25) is 4.57 Å². The number of halogens is 2. The molecule has 0 unspecified atom stereocenters. The lowest BCUT2D eigenvalue weighted by Crippen LogP contribution is -2.08. The molecule has 0 saturated carbocycles. The van der Waals surface area contributed by atoms with Crippen LogP contribution in [0.1, 0.15) is 17.9 Å². The lowest BCUT2D eigenvalue weighted by atomic mass is 10.2. The molecule has 0 fully saturated rings. The van der Waals surface area contributed by atoms with Gasteiger partial charge in [-0.05, 0) is 23.6 Å². The number of hydrogen-bond donors (Lipinski definition) is 0. The number of alkyl halides is 2. The van der Waals surface area contributed by atoms with Crippen LogP contribution in [-0.4, -0.2) is 14.1 Å². The van der Waals surface area contributed by atoms with Crippen molar-refractivity contribution in [3.05, 3.63) is 54.2 Å². The van der Waals surface area contributed by atoms with Crippen LogP contribution in [0, 0.1) is 11.3 Å². The maximum Gasteiger partial charge on any atom is 0.319 e. The van der Waals surface area contributed by atoms with Crippen LogP contribution < -0.4 is 0 Å². The molecule has 0 atom stereocenters. The van der Waals surface area contributed by atoms with Gasteiger partial charge in [0.05, 0.1) is 18.2 Å². The van der Waals surface area contributed by atoms with E-state index >= 15 is 0 Å². The summed E-state index contributed by atoms with van der Waals surface area (Å²) in [5, 5.41) is 9.88. The molecule has 0 N–H and O–H groups in total. The third-order valence-corrected chi connectivity index (χ3v) is 3.17. The van der Waals surface area contributed by atoms with Crippen LogP contribution in [0.2, 0.25) is 0 Å². The largest absolute Gasteiger partial charge is 0.340 e. The fourth-order valence-corrected chi connectivity index (χ4v) is 2.19. The normalized spacial score (nSPS) is 11.1. The van der Waals surface area contributed by atoms with Gasteiger partial charge >= 0.3 is 6.55 Å². The monoisotopic (exact) mass is 272 g/mol. The second kappa shape index (κ2) is 4.78. The first-order valence-corrected chi connectivity index (χ1v) is 5.98. The first kappa shape index (κ1) is 12.4. The Morgan fingerprint density at radius 3 is 2.85 bits per heavy atom. The van der Waals surface area contributed by atoms with E-state index in [4.69, 9.17) is 5.26 Å². The summed E-state index contributed by atoms with van der Waals surface area (Å²) in [5.74, 6) is 0.278. The number of rotatable bonds is 3. The van der Waals surface area contributed by atoms with Crippen molar-refractivity contribution in [3.8, 4) is 6.07 Å². The van der Waals surface area contributed by atoms with E-state index in [2.05, 4.69) is 11.1 Å². The molecule has 100 valence electrons. The molecule has 2 heterocycles. The Kier molecular flexibility index (Phi) is 2.95. The molecular weight excluding hydrogens is 262 g/mol. The molecule has 1 aromatic carbocycles. The predicted molar refractivity (Wildman–Crippen MR) is 69.2 cm³/mol. The van der Waals surface area contributed by atoms with Crippen LogP contribution >= 0.6 is 0 Å². The number of aromatic nitrogens is 3. The summed E-state index contributed by atoms with van der Waals surface area (Å²) in [6, 6.07) is 9.26. The Labute approximate surface area is 113 Å². The number of imidazole rings is 1. The van der Waals surface area contributed by atoms with E-state index in [9.17, 15) is 8.78 Å². The third-order valence-electron chi connectivity index (χ3n) is 3.17. The van der Waals surface area contributed by atoms with E-state index in [1.54, 1.807) is 22.9 Å². The van der Waals surface area contributed by atoms with Gasteiger partial charge in [0, 0.05) is 24.1 Å². The quantitative estimate of drug-likeness (QED) is 0.735. The summed E-state index contributed by atoms with van der Waals surface area (Å²) in [5.41, 5.74) is 1.36. The fraction of sp³-hybridized carbons (Fsp3) is 0.143. The van der Waals surface area contributed by atoms with Gasteiger partial charge < -0.3 is 4.57 Å². The molecule has 0 amide bonds. The van der Waals surface area contributed by atoms with E-state index in [-0.39, 0.29) is 12.4 Å². The second-order valence-corrected chi connectivity index (χ2v) is 4.36. The Balaban J connectivity index is 2.02. The van der Waals surface area contributed by atoms with Crippen molar-refractivity contribution >= 4 is 10.9 Å². The Bertz CT molecular complexity index is 795. The van der Waals surface area contributed by atoms with Crippen LogP contribution in [0.15, 0.2) is 42.9 Å². The minimum atomic E-state index is -2.61. The first-order valence-electron chi connectivity index (χ1n) is 5.98. The molecule has 0 bridgehead atoms. The zero-order chi connectivity index (χ0) is 14.1. The van der Waals surface area contributed by atoms with Gasteiger partial charge in [-0.25, -0.2) is 4.98 Å². The van der Waals surface area contributed by atoms with E-state index in [1.165, 1.54) is 12.4 Å². The minimum absolute atomic E-state index is 0.232. The summed E-state index contributed by atoms with van der Waals surface area (Å²) < 4.78 is 28.2. The van der Waals surface area contributed by atoms with E-state index in [1.807, 2.05) is 12.1 Å². The Hall–Kier alpha value is -2.68. The Morgan fingerprint density at radius 2 is 2.10 bits per heavy atom. The highest BCUT2D eigenvalue weighted by Crippen LogP contribution is 2.20. The molecule has 0 aliphatic rings. The van der Waals surface area contributed by atoms with Gasteiger partial charge in [-0.2, -0.15) is 14.0 Å². The van der Waals surface area contributed by atoms with Gasteiger partial charge in [0.15, 0.2) is 0 Å². The van der Waals surface area contributed by atoms with Crippen molar-refractivity contribution < 1.29 is 8.78 Å². The van der Waals surface area contributed by atoms with Gasteiger partial charge in [-0.15, -0.1) is 0 Å². The standard InChI is InChI=1S/C14H10F2N4/c15-14(16)20-6-4-18-13(20)9-19-5-3-11-2-1-10(8-17)7-12(11)19/h1-7,14H,9H2. The number of nitrogens with zero attached hydrogens (tertiary/aromatic N) is 4. The van der Waals surface area contributed by atoms with Crippen LogP contribution in [0.3, 0.4) is 0 Å². The third kappa shape index (κ3) is 2.03. The average molecular weight is 272 g/mol. The van der Waals surface area contributed by atoms with Crippen LogP contribution in [0.5, 0.6) is 0 Å². The predicted octanol–water partition coefficient (Wildman–Crippen LogP) is 3.15. The summed E-state index contributed by atoms with van der Waals surface area (Å²) in [6.45, 7) is -2.38. The smallest absolute Gasteiger partial charge is 0.319 e. The molecule has 6 heteroatoms. The van der Waals surface area contributed by atoms with Gasteiger partial charge in [0.1, 0.15) is 5.82 Å². The van der Waals surface area contributed by atoms with E-state index in [0.29, 0.717) is 5.56 Å². The zero-order valence-electron chi connectivity index (χ0n) is 10.4. The molecule has 2 aromatic heterocycles. The molecule has 0 aliphatic heterocycles. The summed E-state index contributed by atoms with van der Waals surface area (Å²) >= 11 is 0. The van der Waals surface area contributed by atoms with Gasteiger partial charge in [0.25, 0.3) is 0 Å². The van der Waals surface area contributed by atoms with Gasteiger partial charge in [-0.1, -0.05) is 6.07 Å². The van der Waals surface area contributed by atoms with E-state index < -0.39 is 6.55 Å². The van der Waals surface area contributed by atoms with Crippen molar-refractivity contribution in [2.24, 2.45) is 0 Å². The topological polar surface area (TPSA) is 46.5 Å². The van der Waals surface area contributed by atoms with Crippen molar-refractivity contribution in [3.63, 3.8) is 0 Å². The molecule has 0 radical (unpaired) electrons. The van der Waals surface area contributed by atoms with E-state index in [0.717, 1.165) is 15.5 Å². The number of nitriles is 1. The molecule has 0 spiro atoms. The van der Waals surface area contributed by atoms with Crippen molar-refractivity contribution in [1.82, 2.24) is 14.1 Å². The summed E-state index contributed by atoms with van der Waals surface area (Å²) in [6.07, 6.45) is 4.41. The number of fused-ring (bicyclic) bond motifs is 1. The van der Waals surface area contributed by atoms with Crippen LogP contribution in [-0.2, 0) is 6.54 Å². The molecule has 0 saturated heterocycles. The highest BCUT2D eigenvalue weighted by atomic mass is 19.3. The zero-order valence-corrected chi connectivity index (χ0v) is 10.4. The number of benzene rings is 1. The maximum absolute atomic E-state index is 12.8. The van der Waals surface area contributed by atoms with Crippen LogP contribution in [0.4, 0.5) is 8.78 Å². The minimum Gasteiger partial charge on any atom is -0.340 e. The first-order chi connectivity index (χ1) is 9.69.